The highest BCUT2D eigenvalue weighted by atomic mass is 32.2. The van der Waals surface area contributed by atoms with Crippen LogP contribution in [0.4, 0.5) is 10.5 Å². The number of fused-ring (bicyclic) bond motifs is 2. The van der Waals surface area contributed by atoms with Gasteiger partial charge in [-0.2, -0.15) is 4.31 Å². The summed E-state index contributed by atoms with van der Waals surface area (Å²) in [5.74, 6) is 0.320. The Kier molecular flexibility index (Phi) is 5.87. The summed E-state index contributed by atoms with van der Waals surface area (Å²) >= 11 is 0. The molecule has 1 aromatic rings. The molecule has 1 heterocycles. The van der Waals surface area contributed by atoms with Gasteiger partial charge in [0, 0.05) is 24.2 Å². The van der Waals surface area contributed by atoms with Gasteiger partial charge < -0.3 is 4.74 Å². The Hall–Kier alpha value is -1.97. The molecule has 1 amide bonds. The average Bonchev–Trinajstić information content (AvgIpc) is 3.07. The maximum Gasteiger partial charge on any atom is 0.437 e. The minimum absolute atomic E-state index is 0.00874. The number of amides is 1. The number of hydrogen-bond donors (Lipinski definition) is 1. The number of hydrogen-bond acceptors (Lipinski definition) is 6. The molecule has 1 aromatic carbocycles. The van der Waals surface area contributed by atoms with Gasteiger partial charge in [-0.3, -0.25) is 10.2 Å². The largest absolute Gasteiger partial charge is 0.437 e. The first kappa shape index (κ1) is 22.2. The van der Waals surface area contributed by atoms with E-state index in [2.05, 4.69) is 24.3 Å². The molecule has 3 fully saturated rings. The first-order valence-electron chi connectivity index (χ1n) is 10.8. The van der Waals surface area contributed by atoms with Gasteiger partial charge >= 0.3 is 6.09 Å². The molecule has 2 bridgehead atoms. The smallest absolute Gasteiger partial charge is 0.379 e. The Balaban J connectivity index is 1.53. The Labute approximate surface area is 184 Å². The van der Waals surface area contributed by atoms with Crippen LogP contribution < -0.4 is 5.32 Å². The van der Waals surface area contributed by atoms with Gasteiger partial charge in [0.05, 0.1) is 24.7 Å². The van der Waals surface area contributed by atoms with E-state index in [0.29, 0.717) is 50.0 Å². The predicted octanol–water partition coefficient (Wildman–Crippen LogP) is 3.39. The number of carbonyl (C=O) groups excluding carboxylic acids is 1. The molecule has 9 heteroatoms. The lowest BCUT2D eigenvalue weighted by molar-refractivity contribution is 0.0722. The van der Waals surface area contributed by atoms with Crippen LogP contribution >= 0.6 is 0 Å². The summed E-state index contributed by atoms with van der Waals surface area (Å²) in [5, 5.41) is 6.89. The molecular weight excluding hydrogens is 418 g/mol. The maximum absolute atomic E-state index is 13.3. The Morgan fingerprint density at radius 3 is 2.74 bits per heavy atom. The Morgan fingerprint density at radius 1 is 1.32 bits per heavy atom. The van der Waals surface area contributed by atoms with Gasteiger partial charge in [-0.05, 0) is 55.2 Å². The monoisotopic (exact) mass is 449 g/mol. The summed E-state index contributed by atoms with van der Waals surface area (Å²) in [6, 6.07) is 7.40. The van der Waals surface area contributed by atoms with Crippen LogP contribution in [-0.4, -0.2) is 56.6 Å². The number of oxime groups is 1. The fourth-order valence-electron chi connectivity index (χ4n) is 5.45. The van der Waals surface area contributed by atoms with Crippen LogP contribution in [-0.2, 0) is 19.6 Å². The summed E-state index contributed by atoms with van der Waals surface area (Å²) < 4.78 is 33.4. The van der Waals surface area contributed by atoms with Crippen LogP contribution in [0.3, 0.4) is 0 Å². The number of rotatable bonds is 5. The highest BCUT2D eigenvalue weighted by Gasteiger charge is 2.64. The van der Waals surface area contributed by atoms with Crippen molar-refractivity contribution in [1.82, 2.24) is 4.31 Å². The number of ether oxygens (including phenoxy) is 1. The Bertz CT molecular complexity index is 985. The van der Waals surface area contributed by atoms with Crippen LogP contribution in [0.25, 0.3) is 0 Å². The average molecular weight is 450 g/mol. The predicted molar refractivity (Wildman–Crippen MR) is 118 cm³/mol. The number of morpholine rings is 1. The van der Waals surface area contributed by atoms with Gasteiger partial charge in [-0.15, -0.1) is 0 Å². The summed E-state index contributed by atoms with van der Waals surface area (Å²) in [6.07, 6.45) is 1.67. The minimum Gasteiger partial charge on any atom is -0.379 e. The topological polar surface area (TPSA) is 97.3 Å². The van der Waals surface area contributed by atoms with Crippen molar-refractivity contribution in [3.05, 3.63) is 29.8 Å². The molecule has 8 nitrogen and oxygen atoms in total. The lowest BCUT2D eigenvalue weighted by Crippen LogP contribution is -2.49. The molecule has 2 unspecified atom stereocenters. The van der Waals surface area contributed by atoms with E-state index in [1.807, 2.05) is 25.1 Å². The van der Waals surface area contributed by atoms with Gasteiger partial charge in [0.25, 0.3) is 0 Å². The quantitative estimate of drug-likeness (QED) is 0.549. The van der Waals surface area contributed by atoms with Gasteiger partial charge in [0.1, 0.15) is 0 Å². The van der Waals surface area contributed by atoms with E-state index < -0.39 is 21.5 Å². The minimum atomic E-state index is -3.49. The van der Waals surface area contributed by atoms with Gasteiger partial charge in [0.2, 0.25) is 10.0 Å². The van der Waals surface area contributed by atoms with Crippen molar-refractivity contribution >= 4 is 27.5 Å². The van der Waals surface area contributed by atoms with Crippen LogP contribution in [0.5, 0.6) is 0 Å². The van der Waals surface area contributed by atoms with E-state index in [-0.39, 0.29) is 11.2 Å². The van der Waals surface area contributed by atoms with Crippen molar-refractivity contribution in [1.29, 1.82) is 0 Å². The number of sulfonamides is 1. The fourth-order valence-corrected chi connectivity index (χ4v) is 7.64. The van der Waals surface area contributed by atoms with Gasteiger partial charge in [-0.1, -0.05) is 31.1 Å². The molecule has 2 atom stereocenters. The second kappa shape index (κ2) is 8.18. The first-order valence-corrected chi connectivity index (χ1v) is 12.4. The van der Waals surface area contributed by atoms with Crippen LogP contribution in [0.15, 0.2) is 29.4 Å². The third kappa shape index (κ3) is 4.10. The molecule has 1 saturated heterocycles. The zero-order valence-electron chi connectivity index (χ0n) is 18.4. The first-order chi connectivity index (χ1) is 14.6. The molecule has 4 rings (SSSR count). The third-order valence-electron chi connectivity index (χ3n) is 7.46. The number of nitrogens with zero attached hydrogens (tertiary/aromatic N) is 2. The van der Waals surface area contributed by atoms with Crippen LogP contribution in [0.2, 0.25) is 0 Å². The molecule has 170 valence electrons. The molecule has 2 aliphatic carbocycles. The third-order valence-corrected chi connectivity index (χ3v) is 9.47. The normalized spacial score (nSPS) is 29.3. The molecule has 0 radical (unpaired) electrons. The summed E-state index contributed by atoms with van der Waals surface area (Å²) in [5.41, 5.74) is 1.47. The highest BCUT2D eigenvalue weighted by molar-refractivity contribution is 7.89. The Morgan fingerprint density at radius 2 is 2.06 bits per heavy atom. The van der Waals surface area contributed by atoms with Crippen molar-refractivity contribution in [2.45, 2.75) is 40.0 Å². The van der Waals surface area contributed by atoms with Gasteiger partial charge in [0.15, 0.2) is 0 Å². The second-order valence-corrected chi connectivity index (χ2v) is 11.4. The number of nitrogens with one attached hydrogen (secondary N) is 1. The molecule has 0 aromatic heterocycles. The highest BCUT2D eigenvalue weighted by Crippen LogP contribution is 2.64. The molecule has 1 N–H and O–H groups in total. The van der Waals surface area contributed by atoms with E-state index >= 15 is 0 Å². The lowest BCUT2D eigenvalue weighted by atomic mass is 9.70. The van der Waals surface area contributed by atoms with Crippen molar-refractivity contribution < 1.29 is 22.8 Å². The fraction of sp³-hybridized carbons (Fsp3) is 0.636. The number of carbonyl (C=O) groups is 1. The van der Waals surface area contributed by atoms with E-state index in [4.69, 9.17) is 9.57 Å². The zero-order chi connectivity index (χ0) is 22.3. The van der Waals surface area contributed by atoms with Crippen LogP contribution in [0.1, 0.15) is 38.7 Å². The summed E-state index contributed by atoms with van der Waals surface area (Å²) in [6.45, 7) is 7.77. The molecule has 2 saturated carbocycles. The standard InChI is InChI=1S/C22H31N3O5S/c1-16-5-4-6-18(13-16)23-20(26)30-24-19-14-17-7-8-22(19,21(17,2)3)15-31(27,28)25-9-11-29-12-10-25/h4-6,13,17H,7-12,14-15H2,1-3H3,(H,23,26)/b24-19+. The maximum atomic E-state index is 13.3. The number of anilines is 1. The molecule has 31 heavy (non-hydrogen) atoms. The molecule has 1 aliphatic heterocycles. The second-order valence-electron chi connectivity index (χ2n) is 9.42. The van der Waals surface area contributed by atoms with E-state index in [0.717, 1.165) is 18.4 Å². The number of benzene rings is 1. The zero-order valence-corrected chi connectivity index (χ0v) is 19.2. The van der Waals surface area contributed by atoms with E-state index in [1.165, 1.54) is 4.31 Å². The summed E-state index contributed by atoms with van der Waals surface area (Å²) in [7, 11) is -3.49. The molecule has 3 aliphatic rings. The van der Waals surface area contributed by atoms with E-state index in [9.17, 15) is 13.2 Å². The van der Waals surface area contributed by atoms with Crippen molar-refractivity contribution in [3.8, 4) is 0 Å². The van der Waals surface area contributed by atoms with Crippen molar-refractivity contribution in [2.24, 2.45) is 21.9 Å². The van der Waals surface area contributed by atoms with Crippen LogP contribution in [0, 0.1) is 23.7 Å². The van der Waals surface area contributed by atoms with Crippen molar-refractivity contribution in [3.63, 3.8) is 0 Å². The molecular formula is C22H31N3O5S. The van der Waals surface area contributed by atoms with Crippen molar-refractivity contribution in [2.75, 3.05) is 37.4 Å². The number of aryl methyl sites for hydroxylation is 1. The van der Waals surface area contributed by atoms with Gasteiger partial charge in [-0.25, -0.2) is 13.2 Å². The lowest BCUT2D eigenvalue weighted by Gasteiger charge is -2.39. The summed E-state index contributed by atoms with van der Waals surface area (Å²) in [4.78, 5) is 17.5. The van der Waals surface area contributed by atoms with E-state index in [1.54, 1.807) is 6.07 Å². The molecule has 0 spiro atoms. The SMILES string of the molecule is Cc1cccc(NC(=O)O/N=C2\CC3CCC2(CS(=O)(=O)N2CCOCC2)C3(C)C)c1.